The van der Waals surface area contributed by atoms with Crippen LogP contribution in [0.1, 0.15) is 27.8 Å². The standard InChI is InChI=1S/C26H25NO4/c1-14-10-16(3)25(17(4)11-14)30-13-23(28)27-19-7-9-20-22(12-19)31-26-18(5)15(2)6-8-21(26)24(20)29/h6-12H,13H2,1-5H3,(H,27,28). The summed E-state index contributed by atoms with van der Waals surface area (Å²) in [6.45, 7) is 9.76. The number of fused-ring (bicyclic) bond motifs is 2. The van der Waals surface area contributed by atoms with Gasteiger partial charge < -0.3 is 14.5 Å². The Kier molecular flexibility index (Phi) is 5.27. The van der Waals surface area contributed by atoms with Crippen molar-refractivity contribution in [3.8, 4) is 5.75 Å². The Morgan fingerprint density at radius 1 is 0.903 bits per heavy atom. The second-order valence-corrected chi connectivity index (χ2v) is 8.09. The Morgan fingerprint density at radius 3 is 2.29 bits per heavy atom. The summed E-state index contributed by atoms with van der Waals surface area (Å²) in [4.78, 5) is 25.3. The first-order chi connectivity index (χ1) is 14.7. The van der Waals surface area contributed by atoms with Gasteiger partial charge in [0.2, 0.25) is 5.43 Å². The lowest BCUT2D eigenvalue weighted by Crippen LogP contribution is -2.20. The lowest BCUT2D eigenvalue weighted by Gasteiger charge is -2.13. The minimum Gasteiger partial charge on any atom is -0.483 e. The van der Waals surface area contributed by atoms with E-state index in [1.807, 2.05) is 52.8 Å². The molecule has 0 saturated carbocycles. The van der Waals surface area contributed by atoms with Gasteiger partial charge in [-0.05, 0) is 75.1 Å². The monoisotopic (exact) mass is 415 g/mol. The summed E-state index contributed by atoms with van der Waals surface area (Å²) >= 11 is 0. The van der Waals surface area contributed by atoms with Gasteiger partial charge in [-0.25, -0.2) is 0 Å². The molecule has 5 heteroatoms. The van der Waals surface area contributed by atoms with E-state index < -0.39 is 0 Å². The molecule has 5 nitrogen and oxygen atoms in total. The normalized spacial score (nSPS) is 11.1. The number of aryl methyl sites for hydroxylation is 5. The van der Waals surface area contributed by atoms with Crippen molar-refractivity contribution in [2.45, 2.75) is 34.6 Å². The Labute approximate surface area is 180 Å². The van der Waals surface area contributed by atoms with Gasteiger partial charge in [-0.15, -0.1) is 0 Å². The molecule has 1 heterocycles. The molecule has 31 heavy (non-hydrogen) atoms. The van der Waals surface area contributed by atoms with Crippen LogP contribution in [-0.4, -0.2) is 12.5 Å². The Morgan fingerprint density at radius 2 is 1.58 bits per heavy atom. The molecule has 0 bridgehead atoms. The topological polar surface area (TPSA) is 68.5 Å². The van der Waals surface area contributed by atoms with Crippen molar-refractivity contribution in [2.75, 3.05) is 11.9 Å². The van der Waals surface area contributed by atoms with Crippen LogP contribution in [0.4, 0.5) is 5.69 Å². The van der Waals surface area contributed by atoms with Crippen LogP contribution in [0.15, 0.2) is 51.7 Å². The molecular formula is C26H25NO4. The van der Waals surface area contributed by atoms with Gasteiger partial charge in [0.15, 0.2) is 6.61 Å². The zero-order valence-electron chi connectivity index (χ0n) is 18.4. The van der Waals surface area contributed by atoms with Crippen LogP contribution in [0.25, 0.3) is 21.9 Å². The van der Waals surface area contributed by atoms with Crippen LogP contribution in [-0.2, 0) is 4.79 Å². The van der Waals surface area contributed by atoms with Gasteiger partial charge in [0.25, 0.3) is 5.91 Å². The second-order valence-electron chi connectivity index (χ2n) is 8.09. The summed E-state index contributed by atoms with van der Waals surface area (Å²) in [6.07, 6.45) is 0. The maximum absolute atomic E-state index is 12.9. The second kappa shape index (κ2) is 7.91. The van der Waals surface area contributed by atoms with Crippen LogP contribution >= 0.6 is 0 Å². The number of ether oxygens (including phenoxy) is 1. The molecule has 0 fully saturated rings. The first kappa shape index (κ1) is 20.7. The first-order valence-corrected chi connectivity index (χ1v) is 10.2. The smallest absolute Gasteiger partial charge is 0.262 e. The lowest BCUT2D eigenvalue weighted by atomic mass is 10.0. The third-order valence-electron chi connectivity index (χ3n) is 5.60. The summed E-state index contributed by atoms with van der Waals surface area (Å²) in [7, 11) is 0. The molecule has 0 aliphatic carbocycles. The molecule has 1 aromatic heterocycles. The highest BCUT2D eigenvalue weighted by Gasteiger charge is 2.13. The summed E-state index contributed by atoms with van der Waals surface area (Å²) < 4.78 is 11.8. The fourth-order valence-corrected chi connectivity index (χ4v) is 3.96. The fourth-order valence-electron chi connectivity index (χ4n) is 3.96. The van der Waals surface area contributed by atoms with E-state index in [1.165, 1.54) is 0 Å². The molecule has 0 radical (unpaired) electrons. The van der Waals surface area contributed by atoms with E-state index in [4.69, 9.17) is 9.15 Å². The number of benzene rings is 3. The quantitative estimate of drug-likeness (QED) is 0.447. The van der Waals surface area contributed by atoms with Crippen molar-refractivity contribution in [1.29, 1.82) is 0 Å². The largest absolute Gasteiger partial charge is 0.483 e. The van der Waals surface area contributed by atoms with Crippen molar-refractivity contribution in [2.24, 2.45) is 0 Å². The Balaban J connectivity index is 1.59. The van der Waals surface area contributed by atoms with E-state index in [2.05, 4.69) is 5.32 Å². The maximum atomic E-state index is 12.9. The summed E-state index contributed by atoms with van der Waals surface area (Å²) in [5.74, 6) is 0.441. The van der Waals surface area contributed by atoms with E-state index in [0.29, 0.717) is 27.6 Å². The number of hydrogen-bond donors (Lipinski definition) is 1. The molecule has 158 valence electrons. The highest BCUT2D eigenvalue weighted by atomic mass is 16.5. The SMILES string of the molecule is Cc1cc(C)c(OCC(=O)Nc2ccc3c(=O)c4ccc(C)c(C)c4oc3c2)c(C)c1. The molecule has 1 N–H and O–H groups in total. The first-order valence-electron chi connectivity index (χ1n) is 10.2. The highest BCUT2D eigenvalue weighted by Crippen LogP contribution is 2.26. The summed E-state index contributed by atoms with van der Waals surface area (Å²) in [6, 6.07) is 12.8. The van der Waals surface area contributed by atoms with Gasteiger partial charge in [0.1, 0.15) is 16.9 Å². The van der Waals surface area contributed by atoms with Crippen LogP contribution in [0.3, 0.4) is 0 Å². The fraction of sp³-hybridized carbons (Fsp3) is 0.231. The third-order valence-corrected chi connectivity index (χ3v) is 5.60. The molecule has 0 aliphatic heterocycles. The molecule has 0 aliphatic rings. The van der Waals surface area contributed by atoms with Crippen LogP contribution in [0, 0.1) is 34.6 Å². The molecule has 0 spiro atoms. The third kappa shape index (κ3) is 3.91. The van der Waals surface area contributed by atoms with Crippen molar-refractivity contribution in [3.63, 3.8) is 0 Å². The van der Waals surface area contributed by atoms with E-state index in [0.717, 1.165) is 33.6 Å². The molecular weight excluding hydrogens is 390 g/mol. The van der Waals surface area contributed by atoms with Crippen LogP contribution in [0.2, 0.25) is 0 Å². The molecule has 0 atom stereocenters. The van der Waals surface area contributed by atoms with E-state index >= 15 is 0 Å². The predicted octanol–water partition coefficient (Wildman–Crippen LogP) is 5.51. The number of carbonyl (C=O) groups excluding carboxylic acids is 1. The van der Waals surface area contributed by atoms with E-state index in [9.17, 15) is 9.59 Å². The number of hydrogen-bond acceptors (Lipinski definition) is 4. The van der Waals surface area contributed by atoms with Gasteiger partial charge in [0, 0.05) is 11.8 Å². The zero-order chi connectivity index (χ0) is 22.3. The van der Waals surface area contributed by atoms with Crippen molar-refractivity contribution in [3.05, 3.63) is 80.5 Å². The number of carbonyl (C=O) groups is 1. The minimum absolute atomic E-state index is 0.0779. The number of nitrogens with one attached hydrogen (secondary N) is 1. The Bertz CT molecular complexity index is 1380. The number of anilines is 1. The average molecular weight is 415 g/mol. The molecule has 4 rings (SSSR count). The van der Waals surface area contributed by atoms with Gasteiger partial charge >= 0.3 is 0 Å². The van der Waals surface area contributed by atoms with Gasteiger partial charge in [0.05, 0.1) is 10.8 Å². The molecule has 4 aromatic rings. The van der Waals surface area contributed by atoms with Gasteiger partial charge in [-0.3, -0.25) is 9.59 Å². The number of rotatable bonds is 4. The summed E-state index contributed by atoms with van der Waals surface area (Å²) in [5, 5.41) is 3.86. The zero-order valence-corrected chi connectivity index (χ0v) is 18.4. The van der Waals surface area contributed by atoms with Crippen molar-refractivity contribution in [1.82, 2.24) is 0 Å². The highest BCUT2D eigenvalue weighted by molar-refractivity contribution is 5.96. The van der Waals surface area contributed by atoms with Gasteiger partial charge in [-0.1, -0.05) is 23.8 Å². The lowest BCUT2D eigenvalue weighted by molar-refractivity contribution is -0.118. The minimum atomic E-state index is -0.283. The van der Waals surface area contributed by atoms with Crippen LogP contribution < -0.4 is 15.5 Å². The summed E-state index contributed by atoms with van der Waals surface area (Å²) in [5.41, 5.74) is 6.62. The van der Waals surface area contributed by atoms with Crippen molar-refractivity contribution < 1.29 is 13.9 Å². The van der Waals surface area contributed by atoms with Crippen molar-refractivity contribution >= 4 is 33.5 Å². The van der Waals surface area contributed by atoms with Gasteiger partial charge in [-0.2, -0.15) is 0 Å². The van der Waals surface area contributed by atoms with Crippen LogP contribution in [0.5, 0.6) is 5.75 Å². The number of amides is 1. The molecule has 1 amide bonds. The van der Waals surface area contributed by atoms with E-state index in [1.54, 1.807) is 24.3 Å². The predicted molar refractivity (Wildman–Crippen MR) is 124 cm³/mol. The molecule has 0 unspecified atom stereocenters. The maximum Gasteiger partial charge on any atom is 0.262 e. The molecule has 3 aromatic carbocycles. The molecule has 0 saturated heterocycles. The Hall–Kier alpha value is -3.60. The average Bonchev–Trinajstić information content (AvgIpc) is 2.70. The van der Waals surface area contributed by atoms with E-state index in [-0.39, 0.29) is 17.9 Å².